The fraction of sp³-hybridized carbons (Fsp3) is 0.533. The SMILES string of the molecule is C[C@@H](NC(=O)C[NH+]1CCCCC1)c1ccccc1. The van der Waals surface area contributed by atoms with Gasteiger partial charge in [0.1, 0.15) is 0 Å². The Kier molecular flexibility index (Phi) is 4.76. The molecule has 98 valence electrons. The molecule has 2 rings (SSSR count). The number of nitrogens with one attached hydrogen (secondary N) is 2. The van der Waals surface area contributed by atoms with Gasteiger partial charge in [-0.25, -0.2) is 0 Å². The van der Waals surface area contributed by atoms with Crippen molar-refractivity contribution in [3.63, 3.8) is 0 Å². The molecule has 1 atom stereocenters. The normalized spacial score (nSPS) is 18.3. The van der Waals surface area contributed by atoms with Crippen LogP contribution in [-0.4, -0.2) is 25.5 Å². The standard InChI is InChI=1S/C15H22N2O/c1-13(14-8-4-2-5-9-14)16-15(18)12-17-10-6-3-7-11-17/h2,4-5,8-9,13H,3,6-7,10-12H2,1H3,(H,16,18)/p+1/t13-/m1/s1. The fourth-order valence-electron chi connectivity index (χ4n) is 2.57. The van der Waals surface area contributed by atoms with E-state index in [2.05, 4.69) is 17.4 Å². The van der Waals surface area contributed by atoms with E-state index in [1.807, 2.05) is 25.1 Å². The van der Waals surface area contributed by atoms with Crippen molar-refractivity contribution in [1.82, 2.24) is 5.32 Å². The van der Waals surface area contributed by atoms with Crippen molar-refractivity contribution < 1.29 is 9.69 Å². The lowest BCUT2D eigenvalue weighted by molar-refractivity contribution is -0.896. The lowest BCUT2D eigenvalue weighted by Crippen LogP contribution is -3.13. The number of benzene rings is 1. The number of piperidine rings is 1. The number of quaternary nitrogens is 1. The molecule has 1 saturated heterocycles. The Morgan fingerprint density at radius 1 is 1.22 bits per heavy atom. The third-order valence-corrected chi connectivity index (χ3v) is 3.65. The molecule has 0 saturated carbocycles. The minimum Gasteiger partial charge on any atom is -0.345 e. The quantitative estimate of drug-likeness (QED) is 0.815. The summed E-state index contributed by atoms with van der Waals surface area (Å²) in [5, 5.41) is 3.08. The molecule has 1 aromatic carbocycles. The van der Waals surface area contributed by atoms with Gasteiger partial charge in [0.2, 0.25) is 0 Å². The van der Waals surface area contributed by atoms with Crippen molar-refractivity contribution in [2.24, 2.45) is 0 Å². The first-order valence-electron chi connectivity index (χ1n) is 6.93. The van der Waals surface area contributed by atoms with Crippen LogP contribution in [-0.2, 0) is 4.79 Å². The number of carbonyl (C=O) groups excluding carboxylic acids is 1. The van der Waals surface area contributed by atoms with Crippen LogP contribution in [0.25, 0.3) is 0 Å². The third kappa shape index (κ3) is 3.84. The molecule has 1 aromatic rings. The molecular formula is C15H23N2O+. The van der Waals surface area contributed by atoms with Crippen molar-refractivity contribution in [2.75, 3.05) is 19.6 Å². The van der Waals surface area contributed by atoms with Crippen molar-refractivity contribution in [1.29, 1.82) is 0 Å². The molecule has 0 aliphatic carbocycles. The van der Waals surface area contributed by atoms with E-state index in [1.54, 1.807) is 0 Å². The molecule has 18 heavy (non-hydrogen) atoms. The average molecular weight is 247 g/mol. The van der Waals surface area contributed by atoms with Gasteiger partial charge >= 0.3 is 0 Å². The second-order valence-corrected chi connectivity index (χ2v) is 5.19. The van der Waals surface area contributed by atoms with E-state index in [9.17, 15) is 4.79 Å². The summed E-state index contributed by atoms with van der Waals surface area (Å²) in [6.07, 6.45) is 3.85. The summed E-state index contributed by atoms with van der Waals surface area (Å²) in [6, 6.07) is 10.2. The molecular weight excluding hydrogens is 224 g/mol. The number of rotatable bonds is 4. The maximum absolute atomic E-state index is 12.0. The first-order chi connectivity index (χ1) is 8.75. The Bertz CT molecular complexity index is 371. The third-order valence-electron chi connectivity index (χ3n) is 3.65. The van der Waals surface area contributed by atoms with Crippen LogP contribution in [0, 0.1) is 0 Å². The van der Waals surface area contributed by atoms with E-state index in [0.717, 1.165) is 13.1 Å². The molecule has 0 radical (unpaired) electrons. The molecule has 0 unspecified atom stereocenters. The molecule has 3 heteroatoms. The Morgan fingerprint density at radius 3 is 2.56 bits per heavy atom. The van der Waals surface area contributed by atoms with Crippen molar-refractivity contribution in [2.45, 2.75) is 32.2 Å². The molecule has 2 N–H and O–H groups in total. The smallest absolute Gasteiger partial charge is 0.275 e. The van der Waals surface area contributed by atoms with Crippen molar-refractivity contribution in [3.05, 3.63) is 35.9 Å². The molecule has 0 spiro atoms. The summed E-state index contributed by atoms with van der Waals surface area (Å²) in [4.78, 5) is 13.4. The second kappa shape index (κ2) is 6.55. The molecule has 1 amide bonds. The highest BCUT2D eigenvalue weighted by Gasteiger charge is 2.18. The number of hydrogen-bond acceptors (Lipinski definition) is 1. The Hall–Kier alpha value is -1.35. The number of likely N-dealkylation sites (tertiary alicyclic amines) is 1. The predicted molar refractivity (Wildman–Crippen MR) is 72.4 cm³/mol. The highest BCUT2D eigenvalue weighted by molar-refractivity contribution is 5.77. The summed E-state index contributed by atoms with van der Waals surface area (Å²) >= 11 is 0. The molecule has 1 heterocycles. The topological polar surface area (TPSA) is 33.5 Å². The average Bonchev–Trinajstić information content (AvgIpc) is 2.40. The van der Waals surface area contributed by atoms with Gasteiger partial charge in [0.05, 0.1) is 19.1 Å². The summed E-state index contributed by atoms with van der Waals surface area (Å²) in [6.45, 7) is 4.95. The van der Waals surface area contributed by atoms with Gasteiger partial charge in [0.25, 0.3) is 5.91 Å². The van der Waals surface area contributed by atoms with Gasteiger partial charge in [-0.15, -0.1) is 0 Å². The van der Waals surface area contributed by atoms with E-state index in [1.165, 1.54) is 29.7 Å². The first-order valence-corrected chi connectivity index (χ1v) is 6.93. The van der Waals surface area contributed by atoms with Gasteiger partial charge in [-0.3, -0.25) is 4.79 Å². The zero-order valence-corrected chi connectivity index (χ0v) is 11.1. The Morgan fingerprint density at radius 2 is 1.89 bits per heavy atom. The van der Waals surface area contributed by atoms with E-state index >= 15 is 0 Å². The van der Waals surface area contributed by atoms with Crippen LogP contribution in [0.2, 0.25) is 0 Å². The Balaban J connectivity index is 1.80. The molecule has 1 fully saturated rings. The lowest BCUT2D eigenvalue weighted by atomic mass is 10.1. The van der Waals surface area contributed by atoms with Crippen LogP contribution < -0.4 is 10.2 Å². The zero-order valence-electron chi connectivity index (χ0n) is 11.1. The lowest BCUT2D eigenvalue weighted by Gasteiger charge is -2.23. The molecule has 1 aliphatic rings. The van der Waals surface area contributed by atoms with Crippen LogP contribution >= 0.6 is 0 Å². The summed E-state index contributed by atoms with van der Waals surface area (Å²) in [5.41, 5.74) is 1.17. The van der Waals surface area contributed by atoms with Gasteiger partial charge in [0.15, 0.2) is 6.54 Å². The van der Waals surface area contributed by atoms with Gasteiger partial charge in [0, 0.05) is 0 Å². The van der Waals surface area contributed by atoms with Gasteiger partial charge < -0.3 is 10.2 Å². The molecule has 0 bridgehead atoms. The minimum atomic E-state index is 0.0999. The van der Waals surface area contributed by atoms with Crippen LogP contribution in [0.5, 0.6) is 0 Å². The highest BCUT2D eigenvalue weighted by atomic mass is 16.2. The number of carbonyl (C=O) groups is 1. The summed E-state index contributed by atoms with van der Waals surface area (Å²) in [7, 11) is 0. The van der Waals surface area contributed by atoms with Crippen molar-refractivity contribution in [3.8, 4) is 0 Å². The van der Waals surface area contributed by atoms with Crippen LogP contribution in [0.1, 0.15) is 37.8 Å². The second-order valence-electron chi connectivity index (χ2n) is 5.19. The van der Waals surface area contributed by atoms with Crippen LogP contribution in [0.4, 0.5) is 0 Å². The highest BCUT2D eigenvalue weighted by Crippen LogP contribution is 2.10. The zero-order chi connectivity index (χ0) is 12.8. The molecule has 3 nitrogen and oxygen atoms in total. The van der Waals surface area contributed by atoms with E-state index in [-0.39, 0.29) is 11.9 Å². The molecule has 1 aliphatic heterocycles. The van der Waals surface area contributed by atoms with Gasteiger partial charge in [-0.2, -0.15) is 0 Å². The van der Waals surface area contributed by atoms with Crippen molar-refractivity contribution >= 4 is 5.91 Å². The largest absolute Gasteiger partial charge is 0.345 e. The van der Waals surface area contributed by atoms with E-state index in [4.69, 9.17) is 0 Å². The van der Waals surface area contributed by atoms with Gasteiger partial charge in [-0.1, -0.05) is 30.3 Å². The maximum Gasteiger partial charge on any atom is 0.275 e. The number of hydrogen-bond donors (Lipinski definition) is 2. The predicted octanol–water partition coefficient (Wildman–Crippen LogP) is 0.933. The van der Waals surface area contributed by atoms with Crippen LogP contribution in [0.3, 0.4) is 0 Å². The van der Waals surface area contributed by atoms with Gasteiger partial charge in [-0.05, 0) is 31.7 Å². The summed E-state index contributed by atoms with van der Waals surface area (Å²) < 4.78 is 0. The Labute approximate surface area is 109 Å². The fourth-order valence-corrected chi connectivity index (χ4v) is 2.57. The summed E-state index contributed by atoms with van der Waals surface area (Å²) in [5.74, 6) is 0.170. The maximum atomic E-state index is 12.0. The monoisotopic (exact) mass is 247 g/mol. The van der Waals surface area contributed by atoms with Crippen LogP contribution in [0.15, 0.2) is 30.3 Å². The van der Waals surface area contributed by atoms with E-state index in [0.29, 0.717) is 6.54 Å². The first kappa shape index (κ1) is 13.1. The molecule has 0 aromatic heterocycles. The minimum absolute atomic E-state index is 0.0999. The number of amides is 1. The van der Waals surface area contributed by atoms with E-state index < -0.39 is 0 Å².